The van der Waals surface area contributed by atoms with Crippen LogP contribution in [-0.4, -0.2) is 17.8 Å². The van der Waals surface area contributed by atoms with Crippen LogP contribution in [0.1, 0.15) is 11.1 Å². The number of imidazole rings is 1. The molecule has 28 heavy (non-hydrogen) atoms. The van der Waals surface area contributed by atoms with Gasteiger partial charge in [-0.1, -0.05) is 18.2 Å². The third kappa shape index (κ3) is 3.48. The van der Waals surface area contributed by atoms with Crippen molar-refractivity contribution in [2.24, 2.45) is 0 Å². The summed E-state index contributed by atoms with van der Waals surface area (Å²) in [6.45, 7) is 3.81. The van der Waals surface area contributed by atoms with E-state index >= 15 is 0 Å². The minimum Gasteiger partial charge on any atom is -0.306 e. The van der Waals surface area contributed by atoms with Crippen molar-refractivity contribution in [2.75, 3.05) is 4.72 Å². The topological polar surface area (TPSA) is 63.5 Å². The molecule has 0 saturated carbocycles. The van der Waals surface area contributed by atoms with E-state index < -0.39 is 15.8 Å². The maximum absolute atomic E-state index is 13.4. The van der Waals surface area contributed by atoms with Crippen molar-refractivity contribution in [3.8, 4) is 11.3 Å². The number of hydrogen-bond acceptors (Lipinski definition) is 3. The molecule has 0 spiro atoms. The average Bonchev–Trinajstić information content (AvgIpc) is 3.06. The fraction of sp³-hybridized carbons (Fsp3) is 0.0952. The van der Waals surface area contributed by atoms with E-state index in [9.17, 15) is 12.8 Å². The van der Waals surface area contributed by atoms with Gasteiger partial charge in [-0.05, 0) is 61.4 Å². The van der Waals surface area contributed by atoms with Crippen LogP contribution >= 0.6 is 0 Å². The van der Waals surface area contributed by atoms with E-state index in [1.54, 1.807) is 13.0 Å². The number of aromatic nitrogens is 2. The van der Waals surface area contributed by atoms with Gasteiger partial charge in [-0.25, -0.2) is 17.8 Å². The molecule has 7 heteroatoms. The molecule has 0 aliphatic heterocycles. The fourth-order valence-electron chi connectivity index (χ4n) is 2.95. The van der Waals surface area contributed by atoms with Crippen LogP contribution < -0.4 is 4.72 Å². The van der Waals surface area contributed by atoms with E-state index in [1.807, 2.05) is 48.0 Å². The second kappa shape index (κ2) is 6.76. The van der Waals surface area contributed by atoms with Gasteiger partial charge in [-0.3, -0.25) is 4.72 Å². The molecule has 0 amide bonds. The molecule has 4 rings (SSSR count). The van der Waals surface area contributed by atoms with Crippen molar-refractivity contribution < 1.29 is 12.8 Å². The highest BCUT2D eigenvalue weighted by Crippen LogP contribution is 2.27. The van der Waals surface area contributed by atoms with Crippen LogP contribution in [0.25, 0.3) is 16.9 Å². The molecular formula is C21H18FN3O2S. The van der Waals surface area contributed by atoms with Crippen molar-refractivity contribution >= 4 is 21.4 Å². The van der Waals surface area contributed by atoms with E-state index in [2.05, 4.69) is 9.71 Å². The lowest BCUT2D eigenvalue weighted by Gasteiger charge is -2.12. The molecular weight excluding hydrogens is 377 g/mol. The second-order valence-electron chi connectivity index (χ2n) is 6.69. The van der Waals surface area contributed by atoms with E-state index in [-0.39, 0.29) is 4.90 Å². The summed E-state index contributed by atoms with van der Waals surface area (Å²) in [5.41, 5.74) is 4.62. The first-order valence-electron chi connectivity index (χ1n) is 8.67. The molecule has 0 fully saturated rings. The van der Waals surface area contributed by atoms with Crippen LogP contribution in [0.5, 0.6) is 0 Å². The molecule has 0 aliphatic carbocycles. The molecule has 0 aliphatic rings. The molecule has 4 aromatic rings. The lowest BCUT2D eigenvalue weighted by atomic mass is 10.1. The van der Waals surface area contributed by atoms with Crippen LogP contribution in [0.2, 0.25) is 0 Å². The Morgan fingerprint density at radius 1 is 1.04 bits per heavy atom. The molecule has 0 bridgehead atoms. The Morgan fingerprint density at radius 2 is 1.86 bits per heavy atom. The molecule has 5 nitrogen and oxygen atoms in total. The lowest BCUT2D eigenvalue weighted by Crippen LogP contribution is -2.14. The summed E-state index contributed by atoms with van der Waals surface area (Å²) >= 11 is 0. The van der Waals surface area contributed by atoms with Crippen LogP contribution in [0, 0.1) is 19.7 Å². The Kier molecular flexibility index (Phi) is 4.39. The largest absolute Gasteiger partial charge is 0.306 e. The number of nitrogens with zero attached hydrogens (tertiary/aromatic N) is 2. The minimum absolute atomic E-state index is 0.125. The van der Waals surface area contributed by atoms with E-state index in [0.717, 1.165) is 34.1 Å². The number of pyridine rings is 1. The van der Waals surface area contributed by atoms with Gasteiger partial charge in [-0.15, -0.1) is 0 Å². The van der Waals surface area contributed by atoms with Gasteiger partial charge in [0.2, 0.25) is 0 Å². The molecule has 0 unspecified atom stereocenters. The summed E-state index contributed by atoms with van der Waals surface area (Å²) in [4.78, 5) is 4.49. The summed E-state index contributed by atoms with van der Waals surface area (Å²) in [6, 6.07) is 14.3. The minimum atomic E-state index is -3.90. The standard InChI is InChI=1S/C21H18FN3O2S/c1-14-8-9-25-13-20(23-21(25)10-14)16-7-6-15(2)19(11-16)24-28(26,27)18-5-3-4-17(22)12-18/h3-13,24H,1-2H3. The summed E-state index contributed by atoms with van der Waals surface area (Å²) < 4.78 is 43.2. The molecule has 0 radical (unpaired) electrons. The number of rotatable bonds is 4. The number of anilines is 1. The van der Waals surface area contributed by atoms with Gasteiger partial charge in [0, 0.05) is 18.0 Å². The predicted octanol–water partition coefficient (Wildman–Crippen LogP) is 4.56. The third-order valence-corrected chi connectivity index (χ3v) is 5.86. The number of sulfonamides is 1. The normalized spacial score (nSPS) is 11.7. The van der Waals surface area contributed by atoms with Crippen molar-refractivity contribution in [2.45, 2.75) is 18.7 Å². The number of aryl methyl sites for hydroxylation is 2. The average molecular weight is 395 g/mol. The maximum atomic E-state index is 13.4. The van der Waals surface area contributed by atoms with Gasteiger partial charge >= 0.3 is 0 Å². The molecule has 2 aromatic carbocycles. The highest BCUT2D eigenvalue weighted by atomic mass is 32.2. The van der Waals surface area contributed by atoms with Gasteiger partial charge in [0.05, 0.1) is 16.3 Å². The van der Waals surface area contributed by atoms with Gasteiger partial charge in [0.1, 0.15) is 11.5 Å². The van der Waals surface area contributed by atoms with Crippen LogP contribution in [0.4, 0.5) is 10.1 Å². The Labute approximate surface area is 162 Å². The Morgan fingerprint density at radius 3 is 2.64 bits per heavy atom. The lowest BCUT2D eigenvalue weighted by molar-refractivity contribution is 0.595. The van der Waals surface area contributed by atoms with Crippen molar-refractivity contribution in [3.05, 3.63) is 83.9 Å². The number of halogens is 1. The summed E-state index contributed by atoms with van der Waals surface area (Å²) in [7, 11) is -3.90. The first-order valence-corrected chi connectivity index (χ1v) is 10.1. The SMILES string of the molecule is Cc1ccn2cc(-c3ccc(C)c(NS(=O)(=O)c4cccc(F)c4)c3)nc2c1. The Balaban J connectivity index is 1.72. The molecule has 142 valence electrons. The molecule has 2 heterocycles. The van der Waals surface area contributed by atoms with Gasteiger partial charge < -0.3 is 4.40 Å². The number of nitrogens with one attached hydrogen (secondary N) is 1. The van der Waals surface area contributed by atoms with E-state index in [0.29, 0.717) is 5.69 Å². The summed E-state index contributed by atoms with van der Waals surface area (Å²) in [5, 5.41) is 0. The Bertz CT molecular complexity index is 1300. The maximum Gasteiger partial charge on any atom is 0.262 e. The molecule has 0 saturated heterocycles. The zero-order valence-electron chi connectivity index (χ0n) is 15.3. The highest BCUT2D eigenvalue weighted by Gasteiger charge is 2.17. The van der Waals surface area contributed by atoms with Gasteiger partial charge in [-0.2, -0.15) is 0 Å². The third-order valence-electron chi connectivity index (χ3n) is 4.50. The second-order valence-corrected chi connectivity index (χ2v) is 8.37. The van der Waals surface area contributed by atoms with Gasteiger partial charge in [0.25, 0.3) is 10.0 Å². The quantitative estimate of drug-likeness (QED) is 0.551. The highest BCUT2D eigenvalue weighted by molar-refractivity contribution is 7.92. The molecule has 1 N–H and O–H groups in total. The number of benzene rings is 2. The van der Waals surface area contributed by atoms with Crippen molar-refractivity contribution in [3.63, 3.8) is 0 Å². The van der Waals surface area contributed by atoms with E-state index in [4.69, 9.17) is 0 Å². The van der Waals surface area contributed by atoms with Gasteiger partial charge in [0.15, 0.2) is 0 Å². The zero-order valence-corrected chi connectivity index (χ0v) is 16.2. The summed E-state index contributed by atoms with van der Waals surface area (Å²) in [6.07, 6.45) is 3.83. The summed E-state index contributed by atoms with van der Waals surface area (Å²) in [5.74, 6) is -0.603. The first-order chi connectivity index (χ1) is 13.3. The van der Waals surface area contributed by atoms with E-state index in [1.165, 1.54) is 18.2 Å². The first kappa shape index (κ1) is 18.2. The van der Waals surface area contributed by atoms with Crippen LogP contribution in [0.15, 0.2) is 71.9 Å². The number of fused-ring (bicyclic) bond motifs is 1. The molecule has 0 atom stereocenters. The number of hydrogen-bond donors (Lipinski definition) is 1. The van der Waals surface area contributed by atoms with Crippen LogP contribution in [-0.2, 0) is 10.0 Å². The van der Waals surface area contributed by atoms with Crippen LogP contribution in [0.3, 0.4) is 0 Å². The monoisotopic (exact) mass is 395 g/mol. The van der Waals surface area contributed by atoms with Crippen molar-refractivity contribution in [1.29, 1.82) is 0 Å². The Hall–Kier alpha value is -3.19. The smallest absolute Gasteiger partial charge is 0.262 e. The zero-order chi connectivity index (χ0) is 19.9. The fourth-order valence-corrected chi connectivity index (χ4v) is 4.10. The molecule has 2 aromatic heterocycles. The predicted molar refractivity (Wildman–Crippen MR) is 107 cm³/mol. The van der Waals surface area contributed by atoms with Crippen molar-refractivity contribution in [1.82, 2.24) is 9.38 Å².